The van der Waals surface area contributed by atoms with Gasteiger partial charge in [0.15, 0.2) is 0 Å². The maximum Gasteiger partial charge on any atom is 0.249 e. The van der Waals surface area contributed by atoms with E-state index in [1.165, 1.54) is 36.9 Å². The largest absolute Gasteiger partial charge is 0.381 e. The lowest BCUT2D eigenvalue weighted by molar-refractivity contribution is -0.128. The van der Waals surface area contributed by atoms with Gasteiger partial charge in [-0.3, -0.25) is 9.48 Å². The minimum absolute atomic E-state index is 0.221. The van der Waals surface area contributed by atoms with E-state index in [9.17, 15) is 4.79 Å². The molecule has 1 atom stereocenters. The summed E-state index contributed by atoms with van der Waals surface area (Å²) in [4.78, 5) is 14.9. The molecular weight excluding hydrogens is 326 g/mol. The molecule has 3 aliphatic rings. The Morgan fingerprint density at radius 3 is 2.88 bits per heavy atom. The Labute approximate surface area is 156 Å². The van der Waals surface area contributed by atoms with Crippen molar-refractivity contribution in [2.75, 3.05) is 19.8 Å². The molecule has 1 aromatic heterocycles. The summed E-state index contributed by atoms with van der Waals surface area (Å²) in [5.74, 6) is 1.21. The Balaban J connectivity index is 1.55. The normalized spacial score (nSPS) is 23.3. The number of hydrogen-bond acceptors (Lipinski definition) is 3. The van der Waals surface area contributed by atoms with E-state index in [0.717, 1.165) is 43.8 Å². The standard InChI is InChI=1S/C21H31N3O2/c1-2-26-15-19-14-23(21(25)17-9-5-6-10-17)13-18-11-22-24(20(18)19)12-16-7-3-4-8-16/h9,11,16,19H,2-8,10,12-15H2,1H3/t19-/m0/s1. The van der Waals surface area contributed by atoms with E-state index in [1.807, 2.05) is 18.0 Å². The molecule has 2 heterocycles. The lowest BCUT2D eigenvalue weighted by Crippen LogP contribution is -2.40. The Hall–Kier alpha value is -1.62. The molecule has 142 valence electrons. The molecule has 1 aliphatic heterocycles. The third kappa shape index (κ3) is 3.59. The van der Waals surface area contributed by atoms with Crippen LogP contribution in [0, 0.1) is 5.92 Å². The van der Waals surface area contributed by atoms with Crippen molar-refractivity contribution in [3.63, 3.8) is 0 Å². The van der Waals surface area contributed by atoms with Crippen LogP contribution in [0.1, 0.15) is 69.0 Å². The van der Waals surface area contributed by atoms with Crippen molar-refractivity contribution < 1.29 is 9.53 Å². The summed E-state index contributed by atoms with van der Waals surface area (Å²) in [5.41, 5.74) is 3.53. The van der Waals surface area contributed by atoms with Crippen LogP contribution in [0.2, 0.25) is 0 Å². The first-order chi connectivity index (χ1) is 12.8. The smallest absolute Gasteiger partial charge is 0.249 e. The number of hydrogen-bond donors (Lipinski definition) is 0. The summed E-state index contributed by atoms with van der Waals surface area (Å²) >= 11 is 0. The van der Waals surface area contributed by atoms with E-state index >= 15 is 0 Å². The van der Waals surface area contributed by atoms with Gasteiger partial charge < -0.3 is 9.64 Å². The van der Waals surface area contributed by atoms with E-state index in [-0.39, 0.29) is 11.8 Å². The van der Waals surface area contributed by atoms with Crippen LogP contribution in [-0.2, 0) is 22.6 Å². The van der Waals surface area contributed by atoms with Crippen molar-refractivity contribution in [2.24, 2.45) is 5.92 Å². The first-order valence-electron chi connectivity index (χ1n) is 10.4. The zero-order chi connectivity index (χ0) is 17.9. The van der Waals surface area contributed by atoms with Crippen molar-refractivity contribution in [1.29, 1.82) is 0 Å². The van der Waals surface area contributed by atoms with Gasteiger partial charge in [0.2, 0.25) is 5.91 Å². The third-order valence-corrected chi connectivity index (χ3v) is 6.18. The van der Waals surface area contributed by atoms with Crippen LogP contribution in [0.25, 0.3) is 0 Å². The van der Waals surface area contributed by atoms with Gasteiger partial charge in [0.1, 0.15) is 0 Å². The number of allylic oxidation sites excluding steroid dienone is 1. The molecule has 1 saturated carbocycles. The maximum atomic E-state index is 12.9. The molecule has 5 heteroatoms. The second-order valence-electron chi connectivity index (χ2n) is 8.05. The zero-order valence-electron chi connectivity index (χ0n) is 16.0. The summed E-state index contributed by atoms with van der Waals surface area (Å²) in [7, 11) is 0. The minimum atomic E-state index is 0.221. The van der Waals surface area contributed by atoms with Gasteiger partial charge in [0.25, 0.3) is 0 Å². The molecular formula is C21H31N3O2. The first-order valence-corrected chi connectivity index (χ1v) is 10.4. The molecule has 1 amide bonds. The van der Waals surface area contributed by atoms with Gasteiger partial charge in [0.05, 0.1) is 18.5 Å². The number of aromatic nitrogens is 2. The van der Waals surface area contributed by atoms with Crippen molar-refractivity contribution in [1.82, 2.24) is 14.7 Å². The maximum absolute atomic E-state index is 12.9. The second kappa shape index (κ2) is 7.95. The van der Waals surface area contributed by atoms with E-state index in [4.69, 9.17) is 9.84 Å². The summed E-state index contributed by atoms with van der Waals surface area (Å²) < 4.78 is 8.01. The molecule has 5 nitrogen and oxygen atoms in total. The molecule has 2 aliphatic carbocycles. The van der Waals surface area contributed by atoms with Gasteiger partial charge in [-0.25, -0.2) is 0 Å². The summed E-state index contributed by atoms with van der Waals surface area (Å²) in [6.45, 7) is 5.88. The van der Waals surface area contributed by atoms with Crippen LogP contribution in [0.3, 0.4) is 0 Å². The topological polar surface area (TPSA) is 47.4 Å². The van der Waals surface area contributed by atoms with E-state index in [1.54, 1.807) is 0 Å². The van der Waals surface area contributed by atoms with Gasteiger partial charge in [-0.15, -0.1) is 0 Å². The Morgan fingerprint density at radius 1 is 1.31 bits per heavy atom. The predicted octanol–water partition coefficient (Wildman–Crippen LogP) is 3.65. The van der Waals surface area contributed by atoms with Crippen LogP contribution in [-0.4, -0.2) is 40.3 Å². The molecule has 4 rings (SSSR count). The molecule has 0 bridgehead atoms. The highest BCUT2D eigenvalue weighted by Gasteiger charge is 2.33. The highest BCUT2D eigenvalue weighted by Crippen LogP contribution is 2.33. The summed E-state index contributed by atoms with van der Waals surface area (Å²) in [6.07, 6.45) is 12.6. The molecule has 1 aromatic rings. The van der Waals surface area contributed by atoms with Crippen LogP contribution in [0.5, 0.6) is 0 Å². The number of nitrogens with zero attached hydrogens (tertiary/aromatic N) is 3. The van der Waals surface area contributed by atoms with Crippen LogP contribution in [0.4, 0.5) is 0 Å². The number of rotatable bonds is 6. The molecule has 26 heavy (non-hydrogen) atoms. The third-order valence-electron chi connectivity index (χ3n) is 6.18. The average molecular weight is 357 g/mol. The fourth-order valence-electron chi connectivity index (χ4n) is 4.85. The second-order valence-corrected chi connectivity index (χ2v) is 8.05. The fourth-order valence-corrected chi connectivity index (χ4v) is 4.85. The molecule has 0 N–H and O–H groups in total. The lowest BCUT2D eigenvalue weighted by atomic mass is 9.95. The van der Waals surface area contributed by atoms with Crippen LogP contribution < -0.4 is 0 Å². The molecule has 0 radical (unpaired) electrons. The van der Waals surface area contributed by atoms with E-state index < -0.39 is 0 Å². The average Bonchev–Trinajstić information content (AvgIpc) is 3.41. The van der Waals surface area contributed by atoms with Crippen molar-refractivity contribution in [2.45, 2.75) is 70.9 Å². The molecule has 0 spiro atoms. The molecule has 0 unspecified atom stereocenters. The van der Waals surface area contributed by atoms with Crippen molar-refractivity contribution >= 4 is 5.91 Å². The molecule has 1 fully saturated rings. The van der Waals surface area contributed by atoms with Gasteiger partial charge in [-0.2, -0.15) is 5.10 Å². The quantitative estimate of drug-likeness (QED) is 0.781. The molecule has 0 aromatic carbocycles. The van der Waals surface area contributed by atoms with Crippen LogP contribution >= 0.6 is 0 Å². The van der Waals surface area contributed by atoms with E-state index in [0.29, 0.717) is 19.8 Å². The zero-order valence-corrected chi connectivity index (χ0v) is 16.0. The highest BCUT2D eigenvalue weighted by molar-refractivity contribution is 5.94. The number of ether oxygens (including phenoxy) is 1. The Kier molecular flexibility index (Phi) is 5.44. The van der Waals surface area contributed by atoms with Gasteiger partial charge in [0, 0.05) is 43.3 Å². The monoisotopic (exact) mass is 357 g/mol. The first kappa shape index (κ1) is 17.8. The lowest BCUT2D eigenvalue weighted by Gasteiger charge is -2.34. The Morgan fingerprint density at radius 2 is 2.15 bits per heavy atom. The number of fused-ring (bicyclic) bond motifs is 1. The van der Waals surface area contributed by atoms with Crippen molar-refractivity contribution in [3.8, 4) is 0 Å². The predicted molar refractivity (Wildman–Crippen MR) is 101 cm³/mol. The van der Waals surface area contributed by atoms with Gasteiger partial charge in [-0.1, -0.05) is 18.9 Å². The summed E-state index contributed by atoms with van der Waals surface area (Å²) in [6, 6.07) is 0. The van der Waals surface area contributed by atoms with Gasteiger partial charge in [-0.05, 0) is 44.9 Å². The number of amides is 1. The van der Waals surface area contributed by atoms with Gasteiger partial charge >= 0.3 is 0 Å². The number of carbonyl (C=O) groups is 1. The van der Waals surface area contributed by atoms with Crippen molar-refractivity contribution in [3.05, 3.63) is 29.1 Å². The SMILES string of the molecule is CCOC[C@@H]1CN(C(=O)C2=CCCC2)Cc2cnn(CC3CCCC3)c21. The summed E-state index contributed by atoms with van der Waals surface area (Å²) in [5, 5.41) is 4.72. The number of carbonyl (C=O) groups excluding carboxylic acids is 1. The highest BCUT2D eigenvalue weighted by atomic mass is 16.5. The Bertz CT molecular complexity index is 673. The minimum Gasteiger partial charge on any atom is -0.381 e. The van der Waals surface area contributed by atoms with Crippen LogP contribution in [0.15, 0.2) is 17.8 Å². The molecule has 0 saturated heterocycles. The fraction of sp³-hybridized carbons (Fsp3) is 0.714. The van der Waals surface area contributed by atoms with E-state index in [2.05, 4.69) is 10.8 Å².